The van der Waals surface area contributed by atoms with Crippen molar-refractivity contribution in [1.29, 1.82) is 0 Å². The Kier molecular flexibility index (Phi) is 8.91. The summed E-state index contributed by atoms with van der Waals surface area (Å²) in [5.74, 6) is 0.785. The number of hydrogen-bond donors (Lipinski definition) is 0. The van der Waals surface area contributed by atoms with Crippen LogP contribution in [-0.2, 0) is 29.3 Å². The fourth-order valence-electron chi connectivity index (χ4n) is 4.24. The average Bonchev–Trinajstić information content (AvgIpc) is 3.37. The molecule has 6 nitrogen and oxygen atoms in total. The molecule has 4 rings (SSSR count). The molecule has 0 radical (unpaired) electrons. The zero-order valence-electron chi connectivity index (χ0n) is 20.5. The zero-order valence-corrected chi connectivity index (χ0v) is 22.2. The highest BCUT2D eigenvalue weighted by Gasteiger charge is 2.34. The minimum absolute atomic E-state index is 0.213. The Labute approximate surface area is 219 Å². The molecule has 2 heterocycles. The van der Waals surface area contributed by atoms with E-state index in [0.29, 0.717) is 32.3 Å². The van der Waals surface area contributed by atoms with Gasteiger partial charge in [-0.05, 0) is 54.4 Å². The number of nitrogens with zero attached hydrogens (tertiary/aromatic N) is 3. The van der Waals surface area contributed by atoms with Crippen LogP contribution in [0.5, 0.6) is 5.75 Å². The molecule has 0 bridgehead atoms. The fourth-order valence-corrected chi connectivity index (χ4v) is 6.49. The molecule has 1 fully saturated rings. The predicted molar refractivity (Wildman–Crippen MR) is 138 cm³/mol. The maximum Gasteiger partial charge on any atom is 0.416 e. The van der Waals surface area contributed by atoms with Crippen molar-refractivity contribution < 1.29 is 26.3 Å². The van der Waals surface area contributed by atoms with E-state index in [2.05, 4.69) is 40.4 Å². The second-order valence-corrected chi connectivity index (χ2v) is 12.0. The Hall–Kier alpha value is -2.44. The van der Waals surface area contributed by atoms with Crippen molar-refractivity contribution >= 4 is 21.4 Å². The molecule has 0 spiro atoms. The fraction of sp³-hybridized carbons (Fsp3) is 0.385. The summed E-state index contributed by atoms with van der Waals surface area (Å²) in [7, 11) is -1.91. The Morgan fingerprint density at radius 3 is 2.43 bits per heavy atom. The molecule has 0 N–H and O–H groups in total. The Morgan fingerprint density at radius 1 is 0.973 bits per heavy atom. The minimum Gasteiger partial charge on any atom is -0.492 e. The van der Waals surface area contributed by atoms with E-state index in [1.165, 1.54) is 15.2 Å². The highest BCUT2D eigenvalue weighted by Crippen LogP contribution is 2.31. The van der Waals surface area contributed by atoms with Gasteiger partial charge in [0.15, 0.2) is 0 Å². The number of rotatable bonds is 10. The molecule has 0 unspecified atom stereocenters. The van der Waals surface area contributed by atoms with Crippen LogP contribution in [0.2, 0.25) is 0 Å². The van der Waals surface area contributed by atoms with Crippen molar-refractivity contribution in [3.05, 3.63) is 82.0 Å². The van der Waals surface area contributed by atoms with Crippen LogP contribution in [0.25, 0.3) is 0 Å². The third kappa shape index (κ3) is 7.55. The maximum atomic E-state index is 13.0. The second-order valence-electron chi connectivity index (χ2n) is 9.02. The Balaban J connectivity index is 1.23. The van der Waals surface area contributed by atoms with E-state index in [1.807, 2.05) is 18.2 Å². The SMILES string of the molecule is CN(Cc1cccc(OCCN2CCN(S(=O)(=O)c3cccc(C(F)(F)F)c3)CC2)c1)Cc1cccs1. The van der Waals surface area contributed by atoms with Gasteiger partial charge in [-0.2, -0.15) is 17.5 Å². The first kappa shape index (κ1) is 27.6. The lowest BCUT2D eigenvalue weighted by atomic mass is 10.2. The van der Waals surface area contributed by atoms with Crippen molar-refractivity contribution in [3.63, 3.8) is 0 Å². The van der Waals surface area contributed by atoms with Crippen LogP contribution >= 0.6 is 11.3 Å². The first-order valence-electron chi connectivity index (χ1n) is 11.9. The summed E-state index contributed by atoms with van der Waals surface area (Å²) < 4.78 is 72.0. The first-order chi connectivity index (χ1) is 17.6. The molecule has 3 aromatic rings. The molecule has 0 atom stereocenters. The third-order valence-corrected chi connectivity index (χ3v) is 8.92. The van der Waals surface area contributed by atoms with Gasteiger partial charge in [0.25, 0.3) is 0 Å². The number of thiophene rings is 1. The van der Waals surface area contributed by atoms with Gasteiger partial charge in [-0.1, -0.05) is 24.3 Å². The molecule has 2 aromatic carbocycles. The molecule has 0 amide bonds. The molecule has 1 aromatic heterocycles. The van der Waals surface area contributed by atoms with Gasteiger partial charge in [0.05, 0.1) is 10.5 Å². The summed E-state index contributed by atoms with van der Waals surface area (Å²) in [5, 5.41) is 2.08. The number of sulfonamides is 1. The van der Waals surface area contributed by atoms with Gasteiger partial charge in [0.1, 0.15) is 12.4 Å². The number of piperazine rings is 1. The van der Waals surface area contributed by atoms with E-state index in [9.17, 15) is 21.6 Å². The van der Waals surface area contributed by atoms with Gasteiger partial charge in [-0.15, -0.1) is 11.3 Å². The predicted octanol–water partition coefficient (Wildman–Crippen LogP) is 4.78. The van der Waals surface area contributed by atoms with E-state index in [1.54, 1.807) is 11.3 Å². The lowest BCUT2D eigenvalue weighted by Gasteiger charge is -2.33. The summed E-state index contributed by atoms with van der Waals surface area (Å²) in [6.07, 6.45) is -4.59. The van der Waals surface area contributed by atoms with E-state index in [4.69, 9.17) is 4.74 Å². The van der Waals surface area contributed by atoms with Crippen LogP contribution in [0.4, 0.5) is 13.2 Å². The molecule has 11 heteroatoms. The van der Waals surface area contributed by atoms with Crippen molar-refractivity contribution in [2.24, 2.45) is 0 Å². The number of halogens is 3. The topological polar surface area (TPSA) is 53.1 Å². The normalized spacial score (nSPS) is 15.8. The van der Waals surface area contributed by atoms with E-state index >= 15 is 0 Å². The highest BCUT2D eigenvalue weighted by molar-refractivity contribution is 7.89. The van der Waals surface area contributed by atoms with E-state index < -0.39 is 21.8 Å². The smallest absolute Gasteiger partial charge is 0.416 e. The number of alkyl halides is 3. The maximum absolute atomic E-state index is 13.0. The van der Waals surface area contributed by atoms with Crippen molar-refractivity contribution in [2.45, 2.75) is 24.2 Å². The second kappa shape index (κ2) is 12.0. The van der Waals surface area contributed by atoms with Crippen LogP contribution in [0, 0.1) is 0 Å². The van der Waals surface area contributed by atoms with Crippen LogP contribution < -0.4 is 4.74 Å². The van der Waals surface area contributed by atoms with E-state index in [-0.39, 0.29) is 18.0 Å². The monoisotopic (exact) mass is 553 g/mol. The van der Waals surface area contributed by atoms with Crippen molar-refractivity contribution in [3.8, 4) is 5.75 Å². The molecule has 0 aliphatic carbocycles. The van der Waals surface area contributed by atoms with Crippen molar-refractivity contribution in [2.75, 3.05) is 46.4 Å². The summed E-state index contributed by atoms with van der Waals surface area (Å²) in [4.78, 5) is 5.33. The minimum atomic E-state index is -4.59. The summed E-state index contributed by atoms with van der Waals surface area (Å²) in [5.41, 5.74) is 0.188. The lowest BCUT2D eigenvalue weighted by Crippen LogP contribution is -2.49. The Bertz CT molecular complexity index is 1260. The van der Waals surface area contributed by atoms with Crippen molar-refractivity contribution in [1.82, 2.24) is 14.1 Å². The Morgan fingerprint density at radius 2 is 1.73 bits per heavy atom. The van der Waals surface area contributed by atoms with Gasteiger partial charge < -0.3 is 4.74 Å². The van der Waals surface area contributed by atoms with Gasteiger partial charge in [-0.3, -0.25) is 9.80 Å². The van der Waals surface area contributed by atoms with Gasteiger partial charge in [-0.25, -0.2) is 8.42 Å². The number of hydrogen-bond acceptors (Lipinski definition) is 6. The number of benzene rings is 2. The van der Waals surface area contributed by atoms with Crippen LogP contribution in [-0.4, -0.2) is 68.9 Å². The van der Waals surface area contributed by atoms with Gasteiger partial charge in [0, 0.05) is 50.7 Å². The molecule has 1 aliphatic rings. The van der Waals surface area contributed by atoms with Crippen LogP contribution in [0.15, 0.2) is 70.9 Å². The molecule has 37 heavy (non-hydrogen) atoms. The average molecular weight is 554 g/mol. The standard InChI is InChI=1S/C26H30F3N3O3S2/c1-30(20-24-8-4-16-36-24)19-21-5-2-7-23(17-21)35-15-14-31-10-12-32(13-11-31)37(33,34)25-9-3-6-22(18-25)26(27,28)29/h2-9,16-18H,10-15,19-20H2,1H3. The highest BCUT2D eigenvalue weighted by atomic mass is 32.2. The molecule has 1 saturated heterocycles. The molecular weight excluding hydrogens is 523 g/mol. The zero-order chi connectivity index (χ0) is 26.5. The summed E-state index contributed by atoms with van der Waals surface area (Å²) in [6, 6.07) is 16.1. The molecule has 0 saturated carbocycles. The van der Waals surface area contributed by atoms with Crippen LogP contribution in [0.3, 0.4) is 0 Å². The molecule has 1 aliphatic heterocycles. The number of ether oxygens (including phenoxy) is 1. The largest absolute Gasteiger partial charge is 0.492 e. The van der Waals surface area contributed by atoms with Gasteiger partial charge in [0.2, 0.25) is 10.0 Å². The lowest BCUT2D eigenvalue weighted by molar-refractivity contribution is -0.137. The molecular formula is C26H30F3N3O3S2. The summed E-state index contributed by atoms with van der Waals surface area (Å²) in [6.45, 7) is 4.16. The molecule has 200 valence electrons. The quantitative estimate of drug-likeness (QED) is 0.362. The van der Waals surface area contributed by atoms with Crippen LogP contribution in [0.1, 0.15) is 16.0 Å². The van der Waals surface area contributed by atoms with Gasteiger partial charge >= 0.3 is 6.18 Å². The first-order valence-corrected chi connectivity index (χ1v) is 14.3. The van der Waals surface area contributed by atoms with E-state index in [0.717, 1.165) is 36.5 Å². The third-order valence-electron chi connectivity index (χ3n) is 6.16. The summed E-state index contributed by atoms with van der Waals surface area (Å²) >= 11 is 1.74.